The quantitative estimate of drug-likeness (QED) is 0.795. The van der Waals surface area contributed by atoms with E-state index in [1.807, 2.05) is 20.8 Å². The van der Waals surface area contributed by atoms with Gasteiger partial charge in [-0.3, -0.25) is 0 Å². The smallest absolute Gasteiger partial charge is 0.407 e. The fraction of sp³-hybridized carbons (Fsp3) is 0.929. The highest BCUT2D eigenvalue weighted by atomic mass is 16.6. The van der Waals surface area contributed by atoms with E-state index in [-0.39, 0.29) is 12.1 Å². The molecule has 4 heteroatoms. The van der Waals surface area contributed by atoms with Crippen LogP contribution in [0.3, 0.4) is 0 Å². The Balaban J connectivity index is 1.77. The van der Waals surface area contributed by atoms with Crippen LogP contribution in [0.15, 0.2) is 0 Å². The Morgan fingerprint density at radius 1 is 1.28 bits per heavy atom. The third-order valence-corrected chi connectivity index (χ3v) is 3.93. The number of rotatable bonds is 2. The Morgan fingerprint density at radius 3 is 2.50 bits per heavy atom. The van der Waals surface area contributed by atoms with Crippen LogP contribution in [0.5, 0.6) is 0 Å². The van der Waals surface area contributed by atoms with Crippen LogP contribution in [-0.2, 0) is 4.74 Å². The van der Waals surface area contributed by atoms with Gasteiger partial charge in [-0.25, -0.2) is 4.79 Å². The first-order valence-corrected chi connectivity index (χ1v) is 7.10. The lowest BCUT2D eigenvalue weighted by atomic mass is 9.82. The SMILES string of the molecule is CC(C)(C)OC(=O)N[C@@H]1CCCC([C@@H]2C[C@H]2N)C1. The zero-order chi connectivity index (χ0) is 13.3. The van der Waals surface area contributed by atoms with Crippen molar-refractivity contribution in [3.05, 3.63) is 0 Å². The summed E-state index contributed by atoms with van der Waals surface area (Å²) in [6, 6.07) is 0.682. The van der Waals surface area contributed by atoms with E-state index in [9.17, 15) is 4.79 Å². The van der Waals surface area contributed by atoms with Crippen molar-refractivity contribution in [1.82, 2.24) is 5.32 Å². The summed E-state index contributed by atoms with van der Waals surface area (Å²) in [7, 11) is 0. The number of hydrogen-bond acceptors (Lipinski definition) is 3. The van der Waals surface area contributed by atoms with Gasteiger partial charge >= 0.3 is 6.09 Å². The number of alkyl carbamates (subject to hydrolysis) is 1. The standard InChI is InChI=1S/C14H26N2O2/c1-14(2,3)18-13(17)16-10-6-4-5-9(7-10)11-8-12(11)15/h9-12H,4-8,15H2,1-3H3,(H,16,17)/t9?,10-,11+,12-/m1/s1. The Hall–Kier alpha value is -0.770. The second-order valence-corrected chi connectivity index (χ2v) is 6.83. The van der Waals surface area contributed by atoms with Crippen LogP contribution in [0.25, 0.3) is 0 Å². The number of hydrogen-bond donors (Lipinski definition) is 2. The van der Waals surface area contributed by atoms with Gasteiger partial charge in [0.2, 0.25) is 0 Å². The zero-order valence-corrected chi connectivity index (χ0v) is 11.7. The van der Waals surface area contributed by atoms with Gasteiger partial charge in [-0.05, 0) is 58.3 Å². The van der Waals surface area contributed by atoms with Crippen molar-refractivity contribution in [2.75, 3.05) is 0 Å². The number of amides is 1. The molecule has 2 aliphatic carbocycles. The number of carbonyl (C=O) groups excluding carboxylic acids is 1. The van der Waals surface area contributed by atoms with Gasteiger partial charge in [-0.1, -0.05) is 6.42 Å². The van der Waals surface area contributed by atoms with E-state index in [0.29, 0.717) is 17.9 Å². The molecule has 0 aromatic rings. The first-order chi connectivity index (χ1) is 8.35. The van der Waals surface area contributed by atoms with Gasteiger partial charge in [0.15, 0.2) is 0 Å². The second-order valence-electron chi connectivity index (χ2n) is 6.83. The highest BCUT2D eigenvalue weighted by Gasteiger charge is 2.42. The Bertz CT molecular complexity index is 311. The summed E-state index contributed by atoms with van der Waals surface area (Å²) in [5.74, 6) is 1.40. The van der Waals surface area contributed by atoms with E-state index in [2.05, 4.69) is 5.32 Å². The summed E-state index contributed by atoms with van der Waals surface area (Å²) in [4.78, 5) is 11.7. The third kappa shape index (κ3) is 3.87. The van der Waals surface area contributed by atoms with Gasteiger partial charge in [0.1, 0.15) is 5.60 Å². The number of nitrogens with two attached hydrogens (primary N) is 1. The van der Waals surface area contributed by atoms with Crippen LogP contribution in [0.2, 0.25) is 0 Å². The van der Waals surface area contributed by atoms with Gasteiger partial charge in [0.25, 0.3) is 0 Å². The Labute approximate surface area is 110 Å². The van der Waals surface area contributed by atoms with Gasteiger partial charge in [-0.2, -0.15) is 0 Å². The molecule has 4 atom stereocenters. The molecule has 0 aliphatic heterocycles. The fourth-order valence-electron chi connectivity index (χ4n) is 3.00. The fourth-order valence-corrected chi connectivity index (χ4v) is 3.00. The Kier molecular flexibility index (Phi) is 3.85. The molecule has 2 aliphatic rings. The van der Waals surface area contributed by atoms with Gasteiger partial charge in [0, 0.05) is 12.1 Å². The third-order valence-electron chi connectivity index (χ3n) is 3.93. The highest BCUT2D eigenvalue weighted by Crippen LogP contribution is 2.43. The molecular weight excluding hydrogens is 228 g/mol. The topological polar surface area (TPSA) is 64.3 Å². The number of nitrogens with one attached hydrogen (secondary N) is 1. The van der Waals surface area contributed by atoms with E-state index >= 15 is 0 Å². The van der Waals surface area contributed by atoms with E-state index in [4.69, 9.17) is 10.5 Å². The summed E-state index contributed by atoms with van der Waals surface area (Å²) in [5, 5.41) is 3.00. The summed E-state index contributed by atoms with van der Waals surface area (Å²) >= 11 is 0. The molecule has 2 rings (SSSR count). The van der Waals surface area contributed by atoms with E-state index in [0.717, 1.165) is 12.8 Å². The lowest BCUT2D eigenvalue weighted by molar-refractivity contribution is 0.0482. The van der Waals surface area contributed by atoms with Crippen LogP contribution in [0.1, 0.15) is 52.9 Å². The second kappa shape index (κ2) is 5.08. The molecule has 1 amide bonds. The van der Waals surface area contributed by atoms with Crippen LogP contribution in [-0.4, -0.2) is 23.8 Å². The Morgan fingerprint density at radius 2 is 1.94 bits per heavy atom. The first kappa shape index (κ1) is 13.7. The predicted octanol–water partition coefficient (Wildman–Crippen LogP) is 2.42. The van der Waals surface area contributed by atoms with E-state index in [1.54, 1.807) is 0 Å². The molecule has 0 aromatic heterocycles. The monoisotopic (exact) mass is 254 g/mol. The zero-order valence-electron chi connectivity index (χ0n) is 11.7. The van der Waals surface area contributed by atoms with Gasteiger partial charge in [-0.15, -0.1) is 0 Å². The van der Waals surface area contributed by atoms with Crippen molar-refractivity contribution in [3.8, 4) is 0 Å². The minimum absolute atomic E-state index is 0.270. The predicted molar refractivity (Wildman–Crippen MR) is 71.2 cm³/mol. The van der Waals surface area contributed by atoms with Crippen molar-refractivity contribution in [2.24, 2.45) is 17.6 Å². The molecule has 0 bridgehead atoms. The molecule has 3 N–H and O–H groups in total. The molecule has 4 nitrogen and oxygen atoms in total. The van der Waals surface area contributed by atoms with E-state index in [1.165, 1.54) is 19.3 Å². The summed E-state index contributed by atoms with van der Waals surface area (Å²) < 4.78 is 5.30. The number of carbonyl (C=O) groups is 1. The lowest BCUT2D eigenvalue weighted by Gasteiger charge is -2.30. The molecule has 0 radical (unpaired) electrons. The van der Waals surface area contributed by atoms with Crippen LogP contribution in [0.4, 0.5) is 4.79 Å². The molecule has 1 unspecified atom stereocenters. The number of ether oxygens (including phenoxy) is 1. The largest absolute Gasteiger partial charge is 0.444 e. The van der Waals surface area contributed by atoms with Crippen molar-refractivity contribution in [2.45, 2.75) is 70.6 Å². The molecule has 104 valence electrons. The van der Waals surface area contributed by atoms with Crippen LogP contribution in [0, 0.1) is 11.8 Å². The summed E-state index contributed by atoms with van der Waals surface area (Å²) in [6.07, 6.45) is 5.48. The lowest BCUT2D eigenvalue weighted by Crippen LogP contribution is -2.41. The molecule has 2 fully saturated rings. The van der Waals surface area contributed by atoms with Crippen molar-refractivity contribution >= 4 is 6.09 Å². The van der Waals surface area contributed by atoms with Crippen LogP contribution < -0.4 is 11.1 Å². The highest BCUT2D eigenvalue weighted by molar-refractivity contribution is 5.68. The average molecular weight is 254 g/mol. The summed E-state index contributed by atoms with van der Waals surface area (Å²) in [6.45, 7) is 5.67. The maximum absolute atomic E-state index is 11.7. The van der Waals surface area contributed by atoms with Crippen molar-refractivity contribution in [3.63, 3.8) is 0 Å². The van der Waals surface area contributed by atoms with Gasteiger partial charge in [0.05, 0.1) is 0 Å². The molecule has 0 heterocycles. The molecular formula is C14H26N2O2. The van der Waals surface area contributed by atoms with E-state index < -0.39 is 5.60 Å². The van der Waals surface area contributed by atoms with Crippen LogP contribution >= 0.6 is 0 Å². The van der Waals surface area contributed by atoms with Gasteiger partial charge < -0.3 is 15.8 Å². The minimum atomic E-state index is -0.420. The molecule has 0 saturated heterocycles. The van der Waals surface area contributed by atoms with Crippen molar-refractivity contribution in [1.29, 1.82) is 0 Å². The summed E-state index contributed by atoms with van der Waals surface area (Å²) in [5.41, 5.74) is 5.50. The van der Waals surface area contributed by atoms with Crippen molar-refractivity contribution < 1.29 is 9.53 Å². The molecule has 2 saturated carbocycles. The molecule has 0 spiro atoms. The minimum Gasteiger partial charge on any atom is -0.444 e. The maximum atomic E-state index is 11.7. The first-order valence-electron chi connectivity index (χ1n) is 7.10. The normalized spacial score (nSPS) is 36.0. The molecule has 18 heavy (non-hydrogen) atoms. The molecule has 0 aromatic carbocycles. The maximum Gasteiger partial charge on any atom is 0.407 e. The average Bonchev–Trinajstić information content (AvgIpc) is 2.93.